The Morgan fingerprint density at radius 3 is 2.43 bits per heavy atom. The third-order valence-corrected chi connectivity index (χ3v) is 7.49. The second kappa shape index (κ2) is 12.5. The van der Waals surface area contributed by atoms with E-state index in [2.05, 4.69) is 17.2 Å². The maximum Gasteiger partial charge on any atom is 0.295 e. The van der Waals surface area contributed by atoms with Gasteiger partial charge in [-0.1, -0.05) is 49.4 Å². The van der Waals surface area contributed by atoms with Crippen molar-refractivity contribution < 1.29 is 22.9 Å². The molecule has 0 bridgehead atoms. The lowest BCUT2D eigenvalue weighted by Gasteiger charge is -2.15. The number of carbonyl (C=O) groups is 1. The molecule has 0 spiro atoms. The van der Waals surface area contributed by atoms with Gasteiger partial charge < -0.3 is 10.4 Å². The third-order valence-electron chi connectivity index (χ3n) is 5.04. The number of rotatable bonds is 11. The number of aliphatic hydroxyl groups is 1. The minimum atomic E-state index is -4.53. The minimum Gasteiger partial charge on any atom is -0.396 e. The van der Waals surface area contributed by atoms with Crippen LogP contribution in [0.1, 0.15) is 40.5 Å². The van der Waals surface area contributed by atoms with Crippen LogP contribution in [0.5, 0.6) is 0 Å². The van der Waals surface area contributed by atoms with E-state index >= 15 is 0 Å². The first-order chi connectivity index (χ1) is 16.8. The van der Waals surface area contributed by atoms with E-state index in [1.54, 1.807) is 12.1 Å². The van der Waals surface area contributed by atoms with Crippen LogP contribution in [0.4, 0.5) is 5.69 Å². The normalized spacial score (nSPS) is 11.4. The summed E-state index contributed by atoms with van der Waals surface area (Å²) in [4.78, 5) is 21.6. The summed E-state index contributed by atoms with van der Waals surface area (Å²) in [6.45, 7) is 2.16. The Morgan fingerprint density at radius 1 is 1.09 bits per heavy atom. The molecule has 0 saturated carbocycles. The van der Waals surface area contributed by atoms with Crippen LogP contribution in [0.15, 0.2) is 63.6 Å². The second-order valence-corrected chi connectivity index (χ2v) is 10.8. The number of amides is 1. The molecule has 8 nitrogen and oxygen atoms in total. The number of nitrogens with zero attached hydrogens (tertiary/aromatic N) is 2. The van der Waals surface area contributed by atoms with Crippen molar-refractivity contribution in [1.82, 2.24) is 9.97 Å². The Kier molecular flexibility index (Phi) is 9.70. The van der Waals surface area contributed by atoms with Crippen molar-refractivity contribution in [3.05, 3.63) is 70.9 Å². The van der Waals surface area contributed by atoms with Gasteiger partial charge >= 0.3 is 0 Å². The standard InChI is InChI=1S/C24H27N3O5S3/c1-3-6-20-19(23(34-14-13-28)27-24(26-20)33-2)15-16-9-11-17(12-10-16)25-22(29)18-7-4-5-8-21(18)35(30,31)32/h4-5,7-12,28H,3,6,13-15H2,1-2H3,(H,25,29)(H,30,31,32). The summed E-state index contributed by atoms with van der Waals surface area (Å²) in [5, 5.41) is 13.5. The molecule has 3 aromatic rings. The van der Waals surface area contributed by atoms with Crippen LogP contribution >= 0.6 is 23.5 Å². The maximum absolute atomic E-state index is 12.7. The fraction of sp³-hybridized carbons (Fsp3) is 0.292. The third kappa shape index (κ3) is 7.28. The first-order valence-electron chi connectivity index (χ1n) is 10.9. The van der Waals surface area contributed by atoms with Gasteiger partial charge in [0.05, 0.1) is 12.2 Å². The molecular formula is C24H27N3O5S3. The van der Waals surface area contributed by atoms with E-state index in [0.29, 0.717) is 23.0 Å². The molecule has 35 heavy (non-hydrogen) atoms. The summed E-state index contributed by atoms with van der Waals surface area (Å²) < 4.78 is 32.6. The molecule has 3 N–H and O–H groups in total. The number of aromatic nitrogens is 2. The molecule has 0 radical (unpaired) electrons. The highest BCUT2D eigenvalue weighted by atomic mass is 32.2. The number of hydrogen-bond acceptors (Lipinski definition) is 8. The fourth-order valence-corrected chi connectivity index (χ4v) is 5.38. The molecule has 0 unspecified atom stereocenters. The lowest BCUT2D eigenvalue weighted by atomic mass is 10.0. The number of thioether (sulfide) groups is 2. The van der Waals surface area contributed by atoms with Crippen LogP contribution < -0.4 is 5.32 Å². The van der Waals surface area contributed by atoms with Crippen LogP contribution in [-0.4, -0.2) is 52.6 Å². The topological polar surface area (TPSA) is 129 Å². The number of anilines is 1. The molecule has 0 atom stereocenters. The molecule has 0 aliphatic rings. The lowest BCUT2D eigenvalue weighted by molar-refractivity contribution is 0.102. The average molecular weight is 534 g/mol. The zero-order valence-electron chi connectivity index (χ0n) is 19.4. The Hall–Kier alpha value is -2.44. The Labute approximate surface area is 213 Å². The summed E-state index contributed by atoms with van der Waals surface area (Å²) in [6, 6.07) is 12.7. The zero-order chi connectivity index (χ0) is 25.4. The van der Waals surface area contributed by atoms with E-state index in [1.165, 1.54) is 47.8 Å². The van der Waals surface area contributed by atoms with Gasteiger partial charge in [0.1, 0.15) is 9.92 Å². The first-order valence-corrected chi connectivity index (χ1v) is 14.6. The second-order valence-electron chi connectivity index (χ2n) is 7.56. The molecule has 1 amide bonds. The van der Waals surface area contributed by atoms with Gasteiger partial charge in [0, 0.05) is 29.1 Å². The van der Waals surface area contributed by atoms with Gasteiger partial charge in [-0.2, -0.15) is 8.42 Å². The summed E-state index contributed by atoms with van der Waals surface area (Å²) in [6.07, 6.45) is 4.29. The van der Waals surface area contributed by atoms with Crippen molar-refractivity contribution >= 4 is 45.2 Å². The van der Waals surface area contributed by atoms with E-state index in [0.717, 1.165) is 34.7 Å². The predicted molar refractivity (Wildman–Crippen MR) is 139 cm³/mol. The number of aryl methyl sites for hydroxylation is 1. The number of aliphatic hydroxyl groups excluding tert-OH is 1. The van der Waals surface area contributed by atoms with Gasteiger partial charge in [-0.25, -0.2) is 9.97 Å². The maximum atomic E-state index is 12.7. The molecule has 2 aromatic carbocycles. The van der Waals surface area contributed by atoms with E-state index in [-0.39, 0.29) is 12.2 Å². The van der Waals surface area contributed by atoms with Crippen molar-refractivity contribution in [3.8, 4) is 0 Å². The average Bonchev–Trinajstić information content (AvgIpc) is 2.84. The van der Waals surface area contributed by atoms with Crippen LogP contribution in [-0.2, 0) is 23.0 Å². The number of benzene rings is 2. The van der Waals surface area contributed by atoms with Gasteiger partial charge in [0.25, 0.3) is 16.0 Å². The van der Waals surface area contributed by atoms with E-state index in [9.17, 15) is 22.9 Å². The van der Waals surface area contributed by atoms with Crippen molar-refractivity contribution in [3.63, 3.8) is 0 Å². The highest BCUT2D eigenvalue weighted by molar-refractivity contribution is 7.99. The van der Waals surface area contributed by atoms with Gasteiger partial charge in [0.2, 0.25) is 0 Å². The summed E-state index contributed by atoms with van der Waals surface area (Å²) in [5.74, 6) is -0.0979. The van der Waals surface area contributed by atoms with Crippen LogP contribution in [0.25, 0.3) is 0 Å². The van der Waals surface area contributed by atoms with Crippen LogP contribution in [0.3, 0.4) is 0 Å². The molecule has 11 heteroatoms. The predicted octanol–water partition coefficient (Wildman–Crippen LogP) is 4.33. The number of nitrogens with one attached hydrogen (secondary N) is 1. The lowest BCUT2D eigenvalue weighted by Crippen LogP contribution is -2.16. The van der Waals surface area contributed by atoms with E-state index < -0.39 is 20.9 Å². The summed E-state index contributed by atoms with van der Waals surface area (Å²) in [5.41, 5.74) is 3.36. The molecule has 0 saturated heterocycles. The van der Waals surface area contributed by atoms with Gasteiger partial charge in [0.15, 0.2) is 5.16 Å². The van der Waals surface area contributed by atoms with E-state index in [1.807, 2.05) is 18.4 Å². The molecule has 0 aliphatic carbocycles. The monoisotopic (exact) mass is 533 g/mol. The molecule has 0 aliphatic heterocycles. The van der Waals surface area contributed by atoms with Crippen molar-refractivity contribution in [1.29, 1.82) is 0 Å². The highest BCUT2D eigenvalue weighted by Crippen LogP contribution is 2.29. The highest BCUT2D eigenvalue weighted by Gasteiger charge is 2.20. The van der Waals surface area contributed by atoms with Gasteiger partial charge in [-0.15, -0.1) is 11.8 Å². The largest absolute Gasteiger partial charge is 0.396 e. The van der Waals surface area contributed by atoms with Crippen molar-refractivity contribution in [2.24, 2.45) is 0 Å². The SMILES string of the molecule is CCCc1nc(SC)nc(SCCO)c1Cc1ccc(NC(=O)c2ccccc2S(=O)(=O)O)cc1. The number of carbonyl (C=O) groups excluding carboxylic acids is 1. The fourth-order valence-electron chi connectivity index (χ4n) is 3.45. The molecular weight excluding hydrogens is 506 g/mol. The molecule has 0 fully saturated rings. The molecule has 1 heterocycles. The molecule has 186 valence electrons. The molecule has 3 rings (SSSR count). The Bertz CT molecular complexity index is 1280. The van der Waals surface area contributed by atoms with Gasteiger partial charge in [-0.3, -0.25) is 9.35 Å². The number of hydrogen-bond donors (Lipinski definition) is 3. The minimum absolute atomic E-state index is 0.0565. The Balaban J connectivity index is 1.83. The van der Waals surface area contributed by atoms with Gasteiger partial charge in [-0.05, 0) is 42.5 Å². The van der Waals surface area contributed by atoms with Crippen molar-refractivity contribution in [2.45, 2.75) is 41.3 Å². The first kappa shape index (κ1) is 27.2. The Morgan fingerprint density at radius 2 is 1.80 bits per heavy atom. The van der Waals surface area contributed by atoms with Crippen molar-refractivity contribution in [2.75, 3.05) is 23.9 Å². The summed E-state index contributed by atoms with van der Waals surface area (Å²) in [7, 11) is -4.53. The van der Waals surface area contributed by atoms with E-state index in [4.69, 9.17) is 4.98 Å². The molecule has 1 aromatic heterocycles. The quantitative estimate of drug-likeness (QED) is 0.143. The zero-order valence-corrected chi connectivity index (χ0v) is 21.8. The van der Waals surface area contributed by atoms with Crippen LogP contribution in [0, 0.1) is 0 Å². The van der Waals surface area contributed by atoms with Crippen LogP contribution in [0.2, 0.25) is 0 Å². The summed E-state index contributed by atoms with van der Waals surface area (Å²) >= 11 is 3.00. The smallest absolute Gasteiger partial charge is 0.295 e.